The van der Waals surface area contributed by atoms with Crippen molar-refractivity contribution in [1.82, 2.24) is 0 Å². The number of aliphatic carboxylic acids is 1. The number of carbonyl (C=O) groups is 2. The van der Waals surface area contributed by atoms with E-state index in [0.29, 0.717) is 18.4 Å². The highest BCUT2D eigenvalue weighted by atomic mass is 16.4. The number of benzene rings is 1. The second-order valence-corrected chi connectivity index (χ2v) is 4.90. The normalized spacial score (nSPS) is 22.9. The third kappa shape index (κ3) is 2.45. The predicted octanol–water partition coefficient (Wildman–Crippen LogP) is 2.93. The van der Waals surface area contributed by atoms with Crippen LogP contribution < -0.4 is 0 Å². The van der Waals surface area contributed by atoms with Gasteiger partial charge in [0.25, 0.3) is 0 Å². The summed E-state index contributed by atoms with van der Waals surface area (Å²) in [6, 6.07) is 7.52. The number of ketones is 1. The zero-order valence-electron chi connectivity index (χ0n) is 10.6. The molecule has 1 fully saturated rings. The lowest BCUT2D eigenvalue weighted by atomic mass is 9.88. The largest absolute Gasteiger partial charge is 0.481 e. The summed E-state index contributed by atoms with van der Waals surface area (Å²) in [5, 5.41) is 9.11. The Hall–Kier alpha value is -1.64. The van der Waals surface area contributed by atoms with Crippen LogP contribution in [-0.4, -0.2) is 16.9 Å². The van der Waals surface area contributed by atoms with Crippen LogP contribution in [0, 0.1) is 11.8 Å². The van der Waals surface area contributed by atoms with Crippen molar-refractivity contribution >= 4 is 11.8 Å². The Kier molecular flexibility index (Phi) is 3.80. The molecule has 96 valence electrons. The summed E-state index contributed by atoms with van der Waals surface area (Å²) in [4.78, 5) is 23.4. The van der Waals surface area contributed by atoms with E-state index in [4.69, 9.17) is 5.11 Å². The number of carbonyl (C=O) groups excluding carboxylic acids is 1. The average molecular weight is 246 g/mol. The van der Waals surface area contributed by atoms with Crippen molar-refractivity contribution in [3.63, 3.8) is 0 Å². The summed E-state index contributed by atoms with van der Waals surface area (Å²) >= 11 is 0. The minimum atomic E-state index is -0.837. The smallest absolute Gasteiger partial charge is 0.307 e. The number of Topliss-reactive ketones (excluding diaryl/α,β-unsaturated/α-hetero) is 1. The quantitative estimate of drug-likeness (QED) is 0.831. The van der Waals surface area contributed by atoms with Gasteiger partial charge in [0.15, 0.2) is 5.78 Å². The van der Waals surface area contributed by atoms with E-state index in [1.807, 2.05) is 24.3 Å². The molecule has 0 unspecified atom stereocenters. The molecule has 0 radical (unpaired) electrons. The highest BCUT2D eigenvalue weighted by Crippen LogP contribution is 2.34. The maximum absolute atomic E-state index is 12.3. The van der Waals surface area contributed by atoms with E-state index in [1.54, 1.807) is 0 Å². The first-order chi connectivity index (χ1) is 8.63. The Morgan fingerprint density at radius 3 is 2.33 bits per heavy atom. The van der Waals surface area contributed by atoms with Gasteiger partial charge in [0.1, 0.15) is 0 Å². The molecule has 0 saturated heterocycles. The molecular weight excluding hydrogens is 228 g/mol. The van der Waals surface area contributed by atoms with Crippen molar-refractivity contribution in [2.75, 3.05) is 0 Å². The van der Waals surface area contributed by atoms with Gasteiger partial charge in [0.2, 0.25) is 0 Å². The fraction of sp³-hybridized carbons (Fsp3) is 0.467. The van der Waals surface area contributed by atoms with Gasteiger partial charge in [0, 0.05) is 11.5 Å². The van der Waals surface area contributed by atoms with Gasteiger partial charge in [-0.05, 0) is 24.8 Å². The second-order valence-electron chi connectivity index (χ2n) is 4.90. The van der Waals surface area contributed by atoms with Gasteiger partial charge in [0.05, 0.1) is 5.92 Å². The van der Waals surface area contributed by atoms with Crippen LogP contribution in [0.4, 0.5) is 0 Å². The Labute approximate surface area is 107 Å². The van der Waals surface area contributed by atoms with Gasteiger partial charge < -0.3 is 5.11 Å². The van der Waals surface area contributed by atoms with Gasteiger partial charge >= 0.3 is 5.97 Å². The number of hydrogen-bond donors (Lipinski definition) is 1. The first-order valence-electron chi connectivity index (χ1n) is 6.49. The maximum Gasteiger partial charge on any atom is 0.307 e. The van der Waals surface area contributed by atoms with E-state index in [9.17, 15) is 9.59 Å². The molecule has 2 atom stereocenters. The number of carboxylic acid groups (broad SMARTS) is 1. The minimum Gasteiger partial charge on any atom is -0.481 e. The van der Waals surface area contributed by atoms with E-state index in [1.165, 1.54) is 5.56 Å². The van der Waals surface area contributed by atoms with Crippen molar-refractivity contribution in [2.24, 2.45) is 11.8 Å². The molecule has 1 aromatic rings. The predicted molar refractivity (Wildman–Crippen MR) is 68.6 cm³/mol. The number of aryl methyl sites for hydroxylation is 1. The molecule has 0 heterocycles. The van der Waals surface area contributed by atoms with Crippen molar-refractivity contribution in [1.29, 1.82) is 0 Å². The third-order valence-corrected chi connectivity index (χ3v) is 3.82. The summed E-state index contributed by atoms with van der Waals surface area (Å²) in [6.45, 7) is 2.06. The lowest BCUT2D eigenvalue weighted by molar-refractivity contribution is -0.142. The number of hydrogen-bond acceptors (Lipinski definition) is 2. The van der Waals surface area contributed by atoms with E-state index in [-0.39, 0.29) is 11.7 Å². The van der Waals surface area contributed by atoms with Crippen molar-refractivity contribution in [3.05, 3.63) is 35.4 Å². The Bertz CT molecular complexity index is 447. The summed E-state index contributed by atoms with van der Waals surface area (Å²) in [5.41, 5.74) is 1.83. The fourth-order valence-electron chi connectivity index (χ4n) is 2.69. The van der Waals surface area contributed by atoms with Gasteiger partial charge in [-0.1, -0.05) is 37.6 Å². The monoisotopic (exact) mass is 246 g/mol. The van der Waals surface area contributed by atoms with Crippen LogP contribution in [0.5, 0.6) is 0 Å². The van der Waals surface area contributed by atoms with E-state index in [2.05, 4.69) is 6.92 Å². The molecule has 0 bridgehead atoms. The van der Waals surface area contributed by atoms with E-state index < -0.39 is 11.9 Å². The molecule has 1 aromatic carbocycles. The summed E-state index contributed by atoms with van der Waals surface area (Å²) < 4.78 is 0. The Morgan fingerprint density at radius 2 is 1.78 bits per heavy atom. The summed E-state index contributed by atoms with van der Waals surface area (Å²) in [5.74, 6) is -1.68. The molecule has 3 heteroatoms. The average Bonchev–Trinajstić information content (AvgIpc) is 2.87. The van der Waals surface area contributed by atoms with Crippen LogP contribution in [0.25, 0.3) is 0 Å². The highest BCUT2D eigenvalue weighted by molar-refractivity contribution is 6.00. The summed E-state index contributed by atoms with van der Waals surface area (Å²) in [6.07, 6.45) is 3.10. The van der Waals surface area contributed by atoms with Crippen LogP contribution >= 0.6 is 0 Å². The molecule has 3 nitrogen and oxygen atoms in total. The first-order valence-corrected chi connectivity index (χ1v) is 6.49. The van der Waals surface area contributed by atoms with Crippen LogP contribution in [0.2, 0.25) is 0 Å². The summed E-state index contributed by atoms with van der Waals surface area (Å²) in [7, 11) is 0. The first kappa shape index (κ1) is 12.8. The lowest BCUT2D eigenvalue weighted by Crippen LogP contribution is -2.25. The third-order valence-electron chi connectivity index (χ3n) is 3.82. The zero-order valence-corrected chi connectivity index (χ0v) is 10.6. The number of carboxylic acids is 1. The SMILES string of the molecule is CCc1ccc(C(=O)[C@H]2CCC[C@H]2C(=O)O)cc1. The molecule has 1 saturated carbocycles. The molecule has 1 aliphatic carbocycles. The van der Waals surface area contributed by atoms with Crippen molar-refractivity contribution in [2.45, 2.75) is 32.6 Å². The zero-order chi connectivity index (χ0) is 13.1. The molecular formula is C15H18O3. The highest BCUT2D eigenvalue weighted by Gasteiger charge is 2.37. The van der Waals surface area contributed by atoms with E-state index >= 15 is 0 Å². The molecule has 0 amide bonds. The van der Waals surface area contributed by atoms with Gasteiger partial charge in [-0.15, -0.1) is 0 Å². The standard InChI is InChI=1S/C15H18O3/c1-2-10-6-8-11(9-7-10)14(16)12-4-3-5-13(12)15(17)18/h6-9,12-13H,2-5H2,1H3,(H,17,18)/t12-,13+/m0/s1. The molecule has 1 aliphatic rings. The lowest BCUT2D eigenvalue weighted by Gasteiger charge is -2.14. The van der Waals surface area contributed by atoms with Crippen LogP contribution in [-0.2, 0) is 11.2 Å². The van der Waals surface area contributed by atoms with Gasteiger partial charge in [-0.2, -0.15) is 0 Å². The van der Waals surface area contributed by atoms with Gasteiger partial charge in [-0.3, -0.25) is 9.59 Å². The molecule has 18 heavy (non-hydrogen) atoms. The van der Waals surface area contributed by atoms with Crippen molar-refractivity contribution in [3.8, 4) is 0 Å². The topological polar surface area (TPSA) is 54.4 Å². The van der Waals surface area contributed by atoms with Gasteiger partial charge in [-0.25, -0.2) is 0 Å². The van der Waals surface area contributed by atoms with Crippen molar-refractivity contribution < 1.29 is 14.7 Å². The molecule has 0 spiro atoms. The fourth-order valence-corrected chi connectivity index (χ4v) is 2.69. The number of rotatable bonds is 4. The molecule has 0 aliphatic heterocycles. The second kappa shape index (κ2) is 5.34. The maximum atomic E-state index is 12.3. The van der Waals surface area contributed by atoms with E-state index in [0.717, 1.165) is 12.8 Å². The Balaban J connectivity index is 2.17. The Morgan fingerprint density at radius 1 is 1.17 bits per heavy atom. The molecule has 0 aromatic heterocycles. The van der Waals surface area contributed by atoms with Crippen LogP contribution in [0.15, 0.2) is 24.3 Å². The molecule has 2 rings (SSSR count). The van der Waals surface area contributed by atoms with Crippen LogP contribution in [0.1, 0.15) is 42.1 Å². The minimum absolute atomic E-state index is 0.0115. The molecule has 1 N–H and O–H groups in total. The van der Waals surface area contributed by atoms with Crippen LogP contribution in [0.3, 0.4) is 0 Å².